The number of alkyl halides is 3. The molecule has 0 bridgehead atoms. The number of aromatic amines is 1. The number of nitrogens with zero attached hydrogens (tertiary/aromatic N) is 4. The number of rotatable bonds is 6. The molecule has 2 aliphatic heterocycles. The molecule has 0 saturated carbocycles. The molecule has 0 atom stereocenters. The summed E-state index contributed by atoms with van der Waals surface area (Å²) in [6.45, 7) is 8.10. The molecule has 14 heteroatoms. The zero-order valence-electron chi connectivity index (χ0n) is 25.0. The lowest BCUT2D eigenvalue weighted by Gasteiger charge is -2.26. The lowest BCUT2D eigenvalue weighted by Crippen LogP contribution is -2.41. The van der Waals surface area contributed by atoms with Crippen LogP contribution in [0.3, 0.4) is 0 Å². The Labute approximate surface area is 267 Å². The highest BCUT2D eigenvalue weighted by Crippen LogP contribution is 2.41. The van der Waals surface area contributed by atoms with Gasteiger partial charge in [0.15, 0.2) is 0 Å². The molecule has 3 aromatic rings. The second-order valence-electron chi connectivity index (χ2n) is 11.9. The molecule has 1 N–H and O–H groups in total. The van der Waals surface area contributed by atoms with E-state index < -0.39 is 28.5 Å². The second kappa shape index (κ2) is 13.1. The SMILES string of the molecule is CC(C)(C)OC(=O)N1CCCN(CCN2C(=O)SC(=C(Cc3ccc(Cl)cc3C(F)(F)F)c3ccc4[nH]ncc4c3)C2=O)CC1. The molecule has 2 fully saturated rings. The van der Waals surface area contributed by atoms with Crippen LogP contribution in [0.2, 0.25) is 5.02 Å². The Morgan fingerprint density at radius 3 is 2.56 bits per heavy atom. The van der Waals surface area contributed by atoms with Gasteiger partial charge < -0.3 is 9.64 Å². The van der Waals surface area contributed by atoms with E-state index in [0.29, 0.717) is 55.7 Å². The van der Waals surface area contributed by atoms with Crippen LogP contribution in [-0.4, -0.2) is 87.0 Å². The quantitative estimate of drug-likeness (QED) is 0.289. The van der Waals surface area contributed by atoms with Crippen LogP contribution < -0.4 is 0 Å². The predicted molar refractivity (Wildman–Crippen MR) is 167 cm³/mol. The number of fused-ring (bicyclic) bond motifs is 1. The number of hydrogen-bond acceptors (Lipinski definition) is 7. The number of ether oxygens (including phenoxy) is 1. The minimum atomic E-state index is -4.68. The van der Waals surface area contributed by atoms with Gasteiger partial charge in [-0.1, -0.05) is 23.7 Å². The summed E-state index contributed by atoms with van der Waals surface area (Å²) in [4.78, 5) is 44.4. The van der Waals surface area contributed by atoms with E-state index in [1.807, 2.05) is 20.8 Å². The van der Waals surface area contributed by atoms with E-state index in [2.05, 4.69) is 15.1 Å². The maximum atomic E-state index is 14.0. The lowest BCUT2D eigenvalue weighted by atomic mass is 9.93. The number of carbonyl (C=O) groups excluding carboxylic acids is 3. The highest BCUT2D eigenvalue weighted by molar-refractivity contribution is 8.18. The summed E-state index contributed by atoms with van der Waals surface area (Å²) in [5, 5.41) is 7.00. The molecule has 0 aliphatic carbocycles. The number of imide groups is 1. The van der Waals surface area contributed by atoms with Crippen molar-refractivity contribution < 1.29 is 32.3 Å². The fraction of sp³-hybridized carbons (Fsp3) is 0.419. The van der Waals surface area contributed by atoms with Crippen LogP contribution in [0.25, 0.3) is 16.5 Å². The van der Waals surface area contributed by atoms with Gasteiger partial charge in [-0.05, 0) is 92.9 Å². The second-order valence-corrected chi connectivity index (χ2v) is 13.3. The van der Waals surface area contributed by atoms with Crippen LogP contribution in [-0.2, 0) is 22.1 Å². The molecule has 9 nitrogen and oxygen atoms in total. The lowest BCUT2D eigenvalue weighted by molar-refractivity contribution is -0.138. The standard InChI is InChI=1S/C31H33ClF3N5O4S/c1-30(2,3)44-28(42)39-10-4-9-38(11-13-39)12-14-40-27(41)26(45-29(40)43)23(19-6-8-25-21(15-19)18-36-37-25)16-20-5-7-22(32)17-24(20)31(33,34)35/h5-8,15,17-18H,4,9-14,16H2,1-3H3,(H,36,37). The molecule has 0 radical (unpaired) electrons. The Morgan fingerprint density at radius 2 is 1.82 bits per heavy atom. The van der Waals surface area contributed by atoms with Crippen molar-refractivity contribution in [2.24, 2.45) is 0 Å². The first-order valence-corrected chi connectivity index (χ1v) is 15.7. The van der Waals surface area contributed by atoms with E-state index in [1.54, 1.807) is 29.3 Å². The van der Waals surface area contributed by atoms with Crippen LogP contribution >= 0.6 is 23.4 Å². The maximum Gasteiger partial charge on any atom is 0.416 e. The van der Waals surface area contributed by atoms with Crippen LogP contribution in [0.5, 0.6) is 0 Å². The summed E-state index contributed by atoms with van der Waals surface area (Å²) < 4.78 is 47.5. The number of allylic oxidation sites excluding steroid dienone is 1. The van der Waals surface area contributed by atoms with Crippen molar-refractivity contribution in [3.8, 4) is 0 Å². The Balaban J connectivity index is 1.38. The Bertz CT molecular complexity index is 1650. The third kappa shape index (κ3) is 7.82. The number of halogens is 4. The van der Waals surface area contributed by atoms with Gasteiger partial charge in [0.25, 0.3) is 11.1 Å². The zero-order chi connectivity index (χ0) is 32.5. The number of nitrogens with one attached hydrogen (secondary N) is 1. The summed E-state index contributed by atoms with van der Waals surface area (Å²) >= 11 is 6.64. The molecule has 3 amide bonds. The van der Waals surface area contributed by atoms with E-state index >= 15 is 0 Å². The fourth-order valence-electron chi connectivity index (χ4n) is 5.32. The zero-order valence-corrected chi connectivity index (χ0v) is 26.6. The van der Waals surface area contributed by atoms with Gasteiger partial charge in [-0.15, -0.1) is 0 Å². The molecule has 3 heterocycles. The smallest absolute Gasteiger partial charge is 0.416 e. The van der Waals surface area contributed by atoms with Crippen molar-refractivity contribution in [1.82, 2.24) is 24.9 Å². The van der Waals surface area contributed by atoms with E-state index in [9.17, 15) is 27.6 Å². The van der Waals surface area contributed by atoms with Gasteiger partial charge >= 0.3 is 12.3 Å². The molecule has 2 aromatic carbocycles. The van der Waals surface area contributed by atoms with Crippen LogP contribution in [0.1, 0.15) is 43.9 Å². The average Bonchev–Trinajstić information content (AvgIpc) is 3.44. The van der Waals surface area contributed by atoms with Crippen LogP contribution in [0, 0.1) is 0 Å². The number of amides is 3. The highest BCUT2D eigenvalue weighted by Gasteiger charge is 2.39. The molecule has 2 saturated heterocycles. The number of hydrogen-bond donors (Lipinski definition) is 1. The first-order valence-electron chi connectivity index (χ1n) is 14.5. The largest absolute Gasteiger partial charge is 0.444 e. The predicted octanol–water partition coefficient (Wildman–Crippen LogP) is 6.83. The summed E-state index contributed by atoms with van der Waals surface area (Å²) in [5.74, 6) is -0.556. The van der Waals surface area contributed by atoms with Gasteiger partial charge in [-0.25, -0.2) is 4.79 Å². The Hall–Kier alpha value is -3.55. The molecule has 0 unspecified atom stereocenters. The molecule has 1 aromatic heterocycles. The number of aromatic nitrogens is 2. The Kier molecular flexibility index (Phi) is 9.52. The number of benzene rings is 2. The van der Waals surface area contributed by atoms with Gasteiger partial charge in [0, 0.05) is 43.1 Å². The third-order valence-electron chi connectivity index (χ3n) is 7.54. The van der Waals surface area contributed by atoms with Crippen molar-refractivity contribution in [2.45, 2.75) is 45.4 Å². The van der Waals surface area contributed by atoms with Gasteiger partial charge in [0.05, 0.1) is 22.2 Å². The van der Waals surface area contributed by atoms with Gasteiger partial charge in [0.1, 0.15) is 5.60 Å². The van der Waals surface area contributed by atoms with Crippen molar-refractivity contribution in [2.75, 3.05) is 39.3 Å². The molecule has 45 heavy (non-hydrogen) atoms. The van der Waals surface area contributed by atoms with Crippen molar-refractivity contribution in [3.63, 3.8) is 0 Å². The van der Waals surface area contributed by atoms with Gasteiger partial charge in [-0.3, -0.25) is 24.5 Å². The number of thioether (sulfide) groups is 1. The topological polar surface area (TPSA) is 98.8 Å². The van der Waals surface area contributed by atoms with Crippen LogP contribution in [0.4, 0.5) is 22.8 Å². The summed E-state index contributed by atoms with van der Waals surface area (Å²) in [5.41, 5.74) is -0.0473. The maximum absolute atomic E-state index is 14.0. The van der Waals surface area contributed by atoms with Gasteiger partial charge in [-0.2, -0.15) is 18.3 Å². The minimum absolute atomic E-state index is 0.0597. The summed E-state index contributed by atoms with van der Waals surface area (Å²) in [6.07, 6.45) is -3.03. The average molecular weight is 664 g/mol. The molecule has 5 rings (SSSR count). The van der Waals surface area contributed by atoms with Crippen molar-refractivity contribution in [3.05, 3.63) is 69.2 Å². The van der Waals surface area contributed by atoms with E-state index in [1.165, 1.54) is 12.1 Å². The monoisotopic (exact) mass is 663 g/mol. The summed E-state index contributed by atoms with van der Waals surface area (Å²) in [7, 11) is 0. The highest BCUT2D eigenvalue weighted by atomic mass is 35.5. The number of H-pyrrole nitrogens is 1. The van der Waals surface area contributed by atoms with Gasteiger partial charge in [0.2, 0.25) is 0 Å². The van der Waals surface area contributed by atoms with Crippen LogP contribution in [0.15, 0.2) is 47.5 Å². The number of carbonyl (C=O) groups is 3. The summed E-state index contributed by atoms with van der Waals surface area (Å²) in [6, 6.07) is 8.70. The first kappa shape index (κ1) is 32.8. The minimum Gasteiger partial charge on any atom is -0.444 e. The van der Waals surface area contributed by atoms with Crippen molar-refractivity contribution >= 4 is 57.1 Å². The molecular weight excluding hydrogens is 631 g/mol. The molecule has 2 aliphatic rings. The molecular formula is C31H33ClF3N5O4S. The van der Waals surface area contributed by atoms with Crippen molar-refractivity contribution in [1.29, 1.82) is 0 Å². The van der Waals surface area contributed by atoms with E-state index in [0.717, 1.165) is 28.2 Å². The normalized spacial score (nSPS) is 18.1. The van der Waals surface area contributed by atoms with E-state index in [4.69, 9.17) is 16.3 Å². The first-order chi connectivity index (χ1) is 21.2. The molecule has 240 valence electrons. The fourth-order valence-corrected chi connectivity index (χ4v) is 6.46. The molecule has 0 spiro atoms. The Morgan fingerprint density at radius 1 is 1.04 bits per heavy atom. The van der Waals surface area contributed by atoms with E-state index in [-0.39, 0.29) is 34.6 Å². The third-order valence-corrected chi connectivity index (χ3v) is 8.79.